The van der Waals surface area contributed by atoms with E-state index in [1.807, 2.05) is 26.8 Å². The third-order valence-corrected chi connectivity index (χ3v) is 13.1. The van der Waals surface area contributed by atoms with Gasteiger partial charge in [0.05, 0.1) is 19.6 Å². The number of aryl methyl sites for hydroxylation is 1. The molecule has 6 aromatic carbocycles. The zero-order valence-corrected chi connectivity index (χ0v) is 32.4. The molecule has 0 N–H and O–H groups in total. The summed E-state index contributed by atoms with van der Waals surface area (Å²) in [7, 11) is -7.34. The van der Waals surface area contributed by atoms with Gasteiger partial charge >= 0.3 is 0 Å². The number of ether oxygens (including phenoxy) is 2. The Morgan fingerprint density at radius 1 is 0.593 bits per heavy atom. The van der Waals surface area contributed by atoms with Gasteiger partial charge in [-0.25, -0.2) is 16.8 Å². The van der Waals surface area contributed by atoms with E-state index >= 15 is 0 Å². The van der Waals surface area contributed by atoms with Crippen LogP contribution in [0.15, 0.2) is 165 Å². The molecule has 0 fully saturated rings. The highest BCUT2D eigenvalue weighted by atomic mass is 32.2. The Hall–Kier alpha value is -5.51. The summed E-state index contributed by atoms with van der Waals surface area (Å²) in [5.41, 5.74) is 2.92. The van der Waals surface area contributed by atoms with Crippen LogP contribution in [0.3, 0.4) is 0 Å². The summed E-state index contributed by atoms with van der Waals surface area (Å²) >= 11 is 0. The highest BCUT2D eigenvalue weighted by molar-refractivity contribution is 7.91. The lowest BCUT2D eigenvalue weighted by Gasteiger charge is -2.27. The fourth-order valence-electron chi connectivity index (χ4n) is 5.94. The van der Waals surface area contributed by atoms with Crippen molar-refractivity contribution in [3.05, 3.63) is 173 Å². The van der Waals surface area contributed by atoms with Crippen molar-refractivity contribution in [1.82, 2.24) is 0 Å². The van der Waals surface area contributed by atoms with E-state index in [4.69, 9.17) is 9.47 Å². The van der Waals surface area contributed by atoms with E-state index in [0.29, 0.717) is 28.4 Å². The standard InChI is InChI=1S/C45H42O7S2/c1-6-32(3)35-8-7-9-43(30-35)54(49,50)42-28-22-38(23-29-42)51-37-18-12-33(13-19-37)44(46)34-14-20-39(21-15-34)52-45(4,5)36-16-26-41(27-17-36)53(47,48)40-24-10-31(2)11-25-40/h7-30,32H,6H2,1-5H3. The zero-order chi connectivity index (χ0) is 38.7. The third-order valence-electron chi connectivity index (χ3n) is 9.52. The van der Waals surface area contributed by atoms with Crippen molar-refractivity contribution in [3.8, 4) is 17.2 Å². The van der Waals surface area contributed by atoms with Crippen LogP contribution < -0.4 is 9.47 Å². The topological polar surface area (TPSA) is 104 Å². The predicted octanol–water partition coefficient (Wildman–Crippen LogP) is 10.5. The highest BCUT2D eigenvalue weighted by Gasteiger charge is 2.25. The second-order valence-electron chi connectivity index (χ2n) is 13.8. The molecular formula is C45H42O7S2. The second kappa shape index (κ2) is 15.5. The number of benzene rings is 6. The van der Waals surface area contributed by atoms with Crippen molar-refractivity contribution in [2.45, 2.75) is 72.1 Å². The lowest BCUT2D eigenvalue weighted by Crippen LogP contribution is -2.25. The quantitative estimate of drug-likeness (QED) is 0.108. The molecule has 7 nitrogen and oxygen atoms in total. The molecule has 0 aliphatic carbocycles. The number of sulfone groups is 2. The van der Waals surface area contributed by atoms with Gasteiger partial charge in [-0.2, -0.15) is 0 Å². The second-order valence-corrected chi connectivity index (χ2v) is 17.7. The summed E-state index contributed by atoms with van der Waals surface area (Å²) in [4.78, 5) is 14.2. The van der Waals surface area contributed by atoms with Crippen LogP contribution in [0.2, 0.25) is 0 Å². The number of carbonyl (C=O) groups is 1. The van der Waals surface area contributed by atoms with Gasteiger partial charge in [-0.3, -0.25) is 4.79 Å². The summed E-state index contributed by atoms with van der Waals surface area (Å²) < 4.78 is 65.0. The van der Waals surface area contributed by atoms with Crippen LogP contribution >= 0.6 is 0 Å². The number of hydrogen-bond donors (Lipinski definition) is 0. The fourth-order valence-corrected chi connectivity index (χ4v) is 8.52. The summed E-state index contributed by atoms with van der Waals surface area (Å²) in [6.45, 7) is 9.84. The lowest BCUT2D eigenvalue weighted by atomic mass is 9.98. The molecular weight excluding hydrogens is 717 g/mol. The van der Waals surface area contributed by atoms with Gasteiger partial charge in [0.1, 0.15) is 22.8 Å². The van der Waals surface area contributed by atoms with E-state index < -0.39 is 25.3 Å². The molecule has 1 unspecified atom stereocenters. The SMILES string of the molecule is CCC(C)c1cccc(S(=O)(=O)c2ccc(Oc3ccc(C(=O)c4ccc(OC(C)(C)c5ccc(S(=O)(=O)c6ccc(C)cc6)cc5)cc4)cc3)cc2)c1. The average Bonchev–Trinajstić information content (AvgIpc) is 3.18. The van der Waals surface area contributed by atoms with Crippen LogP contribution in [0.5, 0.6) is 17.2 Å². The first kappa shape index (κ1) is 38.2. The number of hydrogen-bond acceptors (Lipinski definition) is 7. The average molecular weight is 759 g/mol. The minimum Gasteiger partial charge on any atom is -0.483 e. The van der Waals surface area contributed by atoms with Crippen LogP contribution in [-0.2, 0) is 25.3 Å². The van der Waals surface area contributed by atoms with Gasteiger partial charge in [0.15, 0.2) is 5.78 Å². The van der Waals surface area contributed by atoms with Gasteiger partial charge < -0.3 is 9.47 Å². The van der Waals surface area contributed by atoms with Gasteiger partial charge in [-0.15, -0.1) is 0 Å². The molecule has 0 aliphatic heterocycles. The van der Waals surface area contributed by atoms with Crippen molar-refractivity contribution in [2.75, 3.05) is 0 Å². The Balaban J connectivity index is 1.07. The van der Waals surface area contributed by atoms with Crippen molar-refractivity contribution in [2.24, 2.45) is 0 Å². The minimum atomic E-state index is -3.69. The van der Waals surface area contributed by atoms with Crippen molar-refractivity contribution in [1.29, 1.82) is 0 Å². The molecule has 0 saturated carbocycles. The minimum absolute atomic E-state index is 0.176. The zero-order valence-electron chi connectivity index (χ0n) is 30.8. The first-order valence-electron chi connectivity index (χ1n) is 17.7. The van der Waals surface area contributed by atoms with Crippen LogP contribution in [-0.4, -0.2) is 22.6 Å². The summed E-state index contributed by atoms with van der Waals surface area (Å²) in [5, 5.41) is 0. The summed E-state index contributed by atoms with van der Waals surface area (Å²) in [6, 6.07) is 40.4. The van der Waals surface area contributed by atoms with Crippen molar-refractivity contribution < 1.29 is 31.1 Å². The molecule has 9 heteroatoms. The molecule has 0 aliphatic rings. The van der Waals surface area contributed by atoms with Gasteiger partial charge in [0.2, 0.25) is 19.7 Å². The Morgan fingerprint density at radius 2 is 1.04 bits per heavy atom. The maximum Gasteiger partial charge on any atom is 0.206 e. The van der Waals surface area contributed by atoms with Gasteiger partial charge in [-0.1, -0.05) is 55.8 Å². The number of ketones is 1. The van der Waals surface area contributed by atoms with E-state index in [-0.39, 0.29) is 31.3 Å². The van der Waals surface area contributed by atoms with Gasteiger partial charge in [0, 0.05) is 11.1 Å². The molecule has 0 saturated heterocycles. The molecule has 0 spiro atoms. The number of rotatable bonds is 13. The third kappa shape index (κ3) is 8.33. The molecule has 0 amide bonds. The van der Waals surface area contributed by atoms with Crippen molar-refractivity contribution in [3.63, 3.8) is 0 Å². The normalized spacial score (nSPS) is 12.5. The lowest BCUT2D eigenvalue weighted by molar-refractivity contribution is 0.103. The monoisotopic (exact) mass is 758 g/mol. The highest BCUT2D eigenvalue weighted by Crippen LogP contribution is 2.32. The van der Waals surface area contributed by atoms with Crippen molar-refractivity contribution >= 4 is 25.5 Å². The van der Waals surface area contributed by atoms with E-state index in [9.17, 15) is 21.6 Å². The largest absolute Gasteiger partial charge is 0.483 e. The van der Waals surface area contributed by atoms with E-state index in [0.717, 1.165) is 23.1 Å². The van der Waals surface area contributed by atoms with Gasteiger partial charge in [-0.05, 0) is 153 Å². The predicted molar refractivity (Wildman–Crippen MR) is 210 cm³/mol. The molecule has 0 aromatic heterocycles. The number of carbonyl (C=O) groups excluding carboxylic acids is 1. The molecule has 54 heavy (non-hydrogen) atoms. The van der Waals surface area contributed by atoms with E-state index in [1.165, 1.54) is 12.1 Å². The summed E-state index contributed by atoms with van der Waals surface area (Å²) in [6.07, 6.45) is 0.916. The van der Waals surface area contributed by atoms with Crippen LogP contribution in [0.1, 0.15) is 72.6 Å². The molecule has 6 aromatic rings. The Morgan fingerprint density at radius 3 is 1.56 bits per heavy atom. The van der Waals surface area contributed by atoms with Gasteiger partial charge in [0.25, 0.3) is 0 Å². The molecule has 6 rings (SSSR count). The fraction of sp³-hybridized carbons (Fsp3) is 0.178. The molecule has 1 atom stereocenters. The Labute approximate surface area is 318 Å². The molecule has 276 valence electrons. The molecule has 0 radical (unpaired) electrons. The van der Waals surface area contributed by atoms with E-state index in [2.05, 4.69) is 13.8 Å². The van der Waals surface area contributed by atoms with Crippen LogP contribution in [0.4, 0.5) is 0 Å². The Bertz CT molecular complexity index is 2470. The Kier molecular flexibility index (Phi) is 10.9. The van der Waals surface area contributed by atoms with Crippen LogP contribution in [0, 0.1) is 6.92 Å². The van der Waals surface area contributed by atoms with E-state index in [1.54, 1.807) is 127 Å². The first-order valence-corrected chi connectivity index (χ1v) is 20.6. The maximum absolute atomic E-state index is 13.3. The smallest absolute Gasteiger partial charge is 0.206 e. The summed E-state index contributed by atoms with van der Waals surface area (Å²) in [5.74, 6) is 1.59. The molecule has 0 bridgehead atoms. The maximum atomic E-state index is 13.3. The molecule has 0 heterocycles. The first-order chi connectivity index (χ1) is 25.7. The van der Waals surface area contributed by atoms with Crippen LogP contribution in [0.25, 0.3) is 0 Å².